The molecule has 1 aliphatic carbocycles. The van der Waals surface area contributed by atoms with Crippen molar-refractivity contribution < 1.29 is 9.90 Å². The molecule has 0 radical (unpaired) electrons. The van der Waals surface area contributed by atoms with Crippen LogP contribution in [0.4, 0.5) is 0 Å². The first-order valence-corrected chi connectivity index (χ1v) is 10.4. The van der Waals surface area contributed by atoms with Crippen LogP contribution in [0.3, 0.4) is 0 Å². The minimum absolute atomic E-state index is 0.0696. The van der Waals surface area contributed by atoms with Gasteiger partial charge in [-0.1, -0.05) is 56.1 Å². The van der Waals surface area contributed by atoms with Crippen LogP contribution in [-0.2, 0) is 11.2 Å². The van der Waals surface area contributed by atoms with Gasteiger partial charge in [0.2, 0.25) is 11.8 Å². The van der Waals surface area contributed by atoms with Gasteiger partial charge in [0.25, 0.3) is 5.56 Å². The van der Waals surface area contributed by atoms with Gasteiger partial charge in [0.05, 0.1) is 17.0 Å². The maximum Gasteiger partial charge on any atom is 0.265 e. The SMILES string of the molecule is CCc1c(O)nc(SCC(=O)NC2CCCCC2)n(-c2ccccc2)c1=O. The van der Waals surface area contributed by atoms with Crippen molar-refractivity contribution in [1.29, 1.82) is 0 Å². The monoisotopic (exact) mass is 387 g/mol. The molecular formula is C20H25N3O3S. The fourth-order valence-electron chi connectivity index (χ4n) is 3.38. The predicted octanol–water partition coefficient (Wildman–Crippen LogP) is 3.04. The standard InChI is InChI=1S/C20H25N3O3S/c1-2-16-18(25)22-20(23(19(16)26)15-11-7-4-8-12-15)27-13-17(24)21-14-9-5-3-6-10-14/h4,7-8,11-12,14,25H,2-3,5-6,9-10,13H2,1H3,(H,21,24). The zero-order valence-electron chi connectivity index (χ0n) is 15.5. The van der Waals surface area contributed by atoms with Crippen molar-refractivity contribution in [3.8, 4) is 11.6 Å². The summed E-state index contributed by atoms with van der Waals surface area (Å²) in [6.07, 6.45) is 5.97. The average molecular weight is 388 g/mol. The van der Waals surface area contributed by atoms with Gasteiger partial charge in [-0.25, -0.2) is 0 Å². The highest BCUT2D eigenvalue weighted by Gasteiger charge is 2.19. The predicted molar refractivity (Wildman–Crippen MR) is 107 cm³/mol. The number of nitrogens with one attached hydrogen (secondary N) is 1. The summed E-state index contributed by atoms with van der Waals surface area (Å²) in [5.41, 5.74) is 0.640. The van der Waals surface area contributed by atoms with Crippen molar-refractivity contribution in [3.05, 3.63) is 46.2 Å². The number of aromatic hydroxyl groups is 1. The zero-order valence-corrected chi connectivity index (χ0v) is 16.3. The highest BCUT2D eigenvalue weighted by Crippen LogP contribution is 2.23. The molecule has 144 valence electrons. The van der Waals surface area contributed by atoms with E-state index in [1.165, 1.54) is 22.7 Å². The molecule has 0 atom stereocenters. The normalized spacial score (nSPS) is 14.9. The van der Waals surface area contributed by atoms with Crippen LogP contribution in [0.15, 0.2) is 40.3 Å². The van der Waals surface area contributed by atoms with E-state index in [0.717, 1.165) is 25.7 Å². The second-order valence-electron chi connectivity index (χ2n) is 6.72. The van der Waals surface area contributed by atoms with E-state index in [9.17, 15) is 14.7 Å². The summed E-state index contributed by atoms with van der Waals surface area (Å²) in [6, 6.07) is 9.41. The van der Waals surface area contributed by atoms with Crippen molar-refractivity contribution in [3.63, 3.8) is 0 Å². The Bertz CT molecular complexity index is 846. The molecule has 0 unspecified atom stereocenters. The number of para-hydroxylation sites is 1. The van der Waals surface area contributed by atoms with E-state index in [4.69, 9.17) is 0 Å². The summed E-state index contributed by atoms with van der Waals surface area (Å²) in [4.78, 5) is 29.4. The Balaban J connectivity index is 1.81. The average Bonchev–Trinajstić information content (AvgIpc) is 2.68. The number of carbonyl (C=O) groups is 1. The maximum absolute atomic E-state index is 12.9. The summed E-state index contributed by atoms with van der Waals surface area (Å²) in [5, 5.41) is 13.5. The van der Waals surface area contributed by atoms with Crippen LogP contribution in [0, 0.1) is 0 Å². The molecule has 1 saturated carbocycles. The molecular weight excluding hydrogens is 362 g/mol. The number of hydrogen-bond acceptors (Lipinski definition) is 5. The number of hydrogen-bond donors (Lipinski definition) is 2. The van der Waals surface area contributed by atoms with Crippen LogP contribution in [0.25, 0.3) is 5.69 Å². The van der Waals surface area contributed by atoms with E-state index in [1.54, 1.807) is 6.92 Å². The van der Waals surface area contributed by atoms with Gasteiger partial charge in [-0.15, -0.1) is 0 Å². The van der Waals surface area contributed by atoms with Gasteiger partial charge in [0.1, 0.15) is 0 Å². The smallest absolute Gasteiger partial charge is 0.265 e. The summed E-state index contributed by atoms with van der Waals surface area (Å²) >= 11 is 1.17. The molecule has 1 aromatic carbocycles. The molecule has 0 spiro atoms. The lowest BCUT2D eigenvalue weighted by atomic mass is 9.95. The number of benzene rings is 1. The highest BCUT2D eigenvalue weighted by molar-refractivity contribution is 7.99. The Kier molecular flexibility index (Phi) is 6.55. The van der Waals surface area contributed by atoms with Gasteiger partial charge in [0.15, 0.2) is 5.16 Å². The van der Waals surface area contributed by atoms with Crippen LogP contribution >= 0.6 is 11.8 Å². The molecule has 1 heterocycles. The van der Waals surface area contributed by atoms with Gasteiger partial charge < -0.3 is 10.4 Å². The minimum Gasteiger partial charge on any atom is -0.493 e. The third-order valence-corrected chi connectivity index (χ3v) is 5.73. The Hall–Kier alpha value is -2.28. The lowest BCUT2D eigenvalue weighted by Gasteiger charge is -2.22. The van der Waals surface area contributed by atoms with Gasteiger partial charge in [0, 0.05) is 6.04 Å². The number of thioether (sulfide) groups is 1. The largest absolute Gasteiger partial charge is 0.493 e. The van der Waals surface area contributed by atoms with E-state index in [0.29, 0.717) is 17.3 Å². The molecule has 1 fully saturated rings. The van der Waals surface area contributed by atoms with E-state index in [2.05, 4.69) is 10.3 Å². The molecule has 1 amide bonds. The van der Waals surface area contributed by atoms with E-state index in [-0.39, 0.29) is 34.7 Å². The van der Waals surface area contributed by atoms with E-state index < -0.39 is 0 Å². The number of rotatable bonds is 6. The van der Waals surface area contributed by atoms with Gasteiger partial charge in [-0.05, 0) is 31.4 Å². The van der Waals surface area contributed by atoms with E-state index in [1.807, 2.05) is 30.3 Å². The third-order valence-electron chi connectivity index (χ3n) is 4.79. The molecule has 3 rings (SSSR count). The zero-order chi connectivity index (χ0) is 19.2. The first-order valence-electron chi connectivity index (χ1n) is 9.42. The molecule has 27 heavy (non-hydrogen) atoms. The van der Waals surface area contributed by atoms with Gasteiger partial charge in [-0.3, -0.25) is 14.2 Å². The summed E-state index contributed by atoms with van der Waals surface area (Å²) in [5.74, 6) is -0.176. The second-order valence-corrected chi connectivity index (χ2v) is 7.66. The highest BCUT2D eigenvalue weighted by atomic mass is 32.2. The maximum atomic E-state index is 12.9. The Labute approximate surface area is 163 Å². The molecule has 2 N–H and O–H groups in total. The fraction of sp³-hybridized carbons (Fsp3) is 0.450. The topological polar surface area (TPSA) is 84.2 Å². The lowest BCUT2D eigenvalue weighted by molar-refractivity contribution is -0.119. The Morgan fingerprint density at radius 3 is 2.63 bits per heavy atom. The number of nitrogens with zero attached hydrogens (tertiary/aromatic N) is 2. The fourth-order valence-corrected chi connectivity index (χ4v) is 4.19. The van der Waals surface area contributed by atoms with Crippen LogP contribution in [0.1, 0.15) is 44.6 Å². The molecule has 2 aromatic rings. The van der Waals surface area contributed by atoms with Crippen LogP contribution in [-0.4, -0.2) is 32.4 Å². The summed E-state index contributed by atoms with van der Waals surface area (Å²) in [7, 11) is 0. The van der Waals surface area contributed by atoms with Crippen LogP contribution in [0.5, 0.6) is 5.88 Å². The molecule has 7 heteroatoms. The van der Waals surface area contributed by atoms with Crippen LogP contribution < -0.4 is 10.9 Å². The summed E-state index contributed by atoms with van der Waals surface area (Å²) in [6.45, 7) is 1.80. The van der Waals surface area contributed by atoms with Gasteiger partial charge >= 0.3 is 0 Å². The van der Waals surface area contributed by atoms with Gasteiger partial charge in [-0.2, -0.15) is 4.98 Å². The lowest BCUT2D eigenvalue weighted by Crippen LogP contribution is -2.37. The second kappa shape index (κ2) is 9.08. The number of carbonyl (C=O) groups excluding carboxylic acids is 1. The van der Waals surface area contributed by atoms with E-state index >= 15 is 0 Å². The Morgan fingerprint density at radius 2 is 1.96 bits per heavy atom. The molecule has 0 saturated heterocycles. The van der Waals surface area contributed by atoms with Crippen molar-refractivity contribution in [2.75, 3.05) is 5.75 Å². The molecule has 1 aliphatic rings. The summed E-state index contributed by atoms with van der Waals surface area (Å²) < 4.78 is 1.47. The Morgan fingerprint density at radius 1 is 1.26 bits per heavy atom. The molecule has 0 aliphatic heterocycles. The first-order chi connectivity index (χ1) is 13.1. The first kappa shape index (κ1) is 19.5. The number of amides is 1. The number of aromatic nitrogens is 2. The molecule has 1 aromatic heterocycles. The molecule has 6 nitrogen and oxygen atoms in total. The quantitative estimate of drug-likeness (QED) is 0.588. The van der Waals surface area contributed by atoms with Crippen molar-refractivity contribution in [2.45, 2.75) is 56.6 Å². The minimum atomic E-state index is -0.300. The van der Waals surface area contributed by atoms with Crippen LogP contribution in [0.2, 0.25) is 0 Å². The third kappa shape index (κ3) is 4.71. The van der Waals surface area contributed by atoms with Crippen molar-refractivity contribution in [2.24, 2.45) is 0 Å². The van der Waals surface area contributed by atoms with Crippen molar-refractivity contribution >= 4 is 17.7 Å². The molecule has 0 bridgehead atoms. The van der Waals surface area contributed by atoms with Crippen molar-refractivity contribution in [1.82, 2.24) is 14.9 Å².